The summed E-state index contributed by atoms with van der Waals surface area (Å²) >= 11 is 0. The fourth-order valence-electron chi connectivity index (χ4n) is 0.618. The van der Waals surface area contributed by atoms with Crippen LogP contribution in [0, 0.1) is 0 Å². The average molecular weight is 308 g/mol. The molecule has 7 heteroatoms. The Hall–Kier alpha value is 0.200. The molecular formula is C6H13IO6. The molecule has 0 unspecified atom stereocenters. The van der Waals surface area contributed by atoms with Crippen molar-refractivity contribution in [2.75, 3.05) is 6.61 Å². The third-order valence-corrected chi connectivity index (χ3v) is 1.42. The van der Waals surface area contributed by atoms with Crippen LogP contribution in [-0.2, 0) is 4.79 Å². The molecule has 6 nitrogen and oxygen atoms in total. The second-order valence-electron chi connectivity index (χ2n) is 2.36. The number of carbonyl (C=O) groups excluding carboxylic acids is 1. The summed E-state index contributed by atoms with van der Waals surface area (Å²) in [6, 6.07) is 0. The molecule has 13 heavy (non-hydrogen) atoms. The number of hydrogen-bond donors (Lipinski definition) is 5. The molecule has 0 aliphatic heterocycles. The van der Waals surface area contributed by atoms with E-state index in [4.69, 9.17) is 25.5 Å². The Balaban J connectivity index is 0. The Morgan fingerprint density at radius 3 is 1.85 bits per heavy atom. The van der Waals surface area contributed by atoms with Crippen molar-refractivity contribution in [1.29, 1.82) is 0 Å². The van der Waals surface area contributed by atoms with Crippen molar-refractivity contribution in [3.63, 3.8) is 0 Å². The lowest BCUT2D eigenvalue weighted by Gasteiger charge is -2.22. The first-order valence-electron chi connectivity index (χ1n) is 3.33. The van der Waals surface area contributed by atoms with Gasteiger partial charge in [-0.1, -0.05) is 0 Å². The molecule has 0 amide bonds. The van der Waals surface area contributed by atoms with E-state index in [1.165, 1.54) is 0 Å². The van der Waals surface area contributed by atoms with Crippen molar-refractivity contribution >= 4 is 30.3 Å². The smallest absolute Gasteiger partial charge is 0.151 e. The standard InChI is InChI=1S/C6H12O6.HI/c7-1-3(9)5(11)6(12)4(10)2-8;/h1,3-6,8-12H,2H2;1H/t3-,4-,5-,6-;/m0./s1. The predicted molar refractivity (Wildman–Crippen MR) is 52.6 cm³/mol. The summed E-state index contributed by atoms with van der Waals surface area (Å²) in [7, 11) is 0. The van der Waals surface area contributed by atoms with Crippen LogP contribution in [0.1, 0.15) is 0 Å². The second kappa shape index (κ2) is 7.59. The fourth-order valence-corrected chi connectivity index (χ4v) is 0.618. The van der Waals surface area contributed by atoms with Gasteiger partial charge in [0.1, 0.15) is 24.4 Å². The molecule has 5 N–H and O–H groups in total. The van der Waals surface area contributed by atoms with Crippen molar-refractivity contribution in [3.05, 3.63) is 0 Å². The predicted octanol–water partition coefficient (Wildman–Crippen LogP) is -2.76. The molecule has 0 rings (SSSR count). The summed E-state index contributed by atoms with van der Waals surface area (Å²) in [5, 5.41) is 43.5. The van der Waals surface area contributed by atoms with Gasteiger partial charge in [0.2, 0.25) is 0 Å². The Morgan fingerprint density at radius 2 is 1.54 bits per heavy atom. The maximum absolute atomic E-state index is 9.90. The van der Waals surface area contributed by atoms with Gasteiger partial charge >= 0.3 is 0 Å². The van der Waals surface area contributed by atoms with E-state index in [1.807, 2.05) is 0 Å². The van der Waals surface area contributed by atoms with Crippen LogP contribution >= 0.6 is 24.0 Å². The minimum Gasteiger partial charge on any atom is -0.394 e. The van der Waals surface area contributed by atoms with E-state index < -0.39 is 31.0 Å². The van der Waals surface area contributed by atoms with Crippen molar-refractivity contribution < 1.29 is 30.3 Å². The minimum atomic E-state index is -1.79. The van der Waals surface area contributed by atoms with Crippen LogP contribution in [0.15, 0.2) is 0 Å². The molecule has 0 saturated carbocycles. The Kier molecular flexibility index (Phi) is 9.14. The highest BCUT2D eigenvalue weighted by Gasteiger charge is 2.29. The first-order valence-corrected chi connectivity index (χ1v) is 3.33. The van der Waals surface area contributed by atoms with E-state index in [1.54, 1.807) is 0 Å². The molecule has 0 aromatic rings. The lowest BCUT2D eigenvalue weighted by molar-refractivity contribution is -0.136. The number of aldehydes is 1. The molecule has 0 bridgehead atoms. The van der Waals surface area contributed by atoms with Gasteiger partial charge in [0.25, 0.3) is 0 Å². The highest BCUT2D eigenvalue weighted by molar-refractivity contribution is 14.0. The van der Waals surface area contributed by atoms with E-state index in [0.717, 1.165) is 0 Å². The number of carbonyl (C=O) groups is 1. The fraction of sp³-hybridized carbons (Fsp3) is 0.833. The minimum absolute atomic E-state index is 0. The largest absolute Gasteiger partial charge is 0.394 e. The molecular weight excluding hydrogens is 295 g/mol. The van der Waals surface area contributed by atoms with E-state index in [2.05, 4.69) is 0 Å². The second-order valence-corrected chi connectivity index (χ2v) is 2.36. The maximum atomic E-state index is 9.90. The van der Waals surface area contributed by atoms with Gasteiger partial charge < -0.3 is 30.3 Å². The van der Waals surface area contributed by atoms with E-state index in [9.17, 15) is 4.79 Å². The van der Waals surface area contributed by atoms with Crippen LogP contribution in [0.25, 0.3) is 0 Å². The third kappa shape index (κ3) is 4.84. The first-order chi connectivity index (χ1) is 5.54. The van der Waals surface area contributed by atoms with Gasteiger partial charge in [0.05, 0.1) is 6.61 Å². The van der Waals surface area contributed by atoms with Gasteiger partial charge in [-0.3, -0.25) is 0 Å². The van der Waals surface area contributed by atoms with Crippen LogP contribution in [0.5, 0.6) is 0 Å². The van der Waals surface area contributed by atoms with Crippen molar-refractivity contribution in [2.24, 2.45) is 0 Å². The lowest BCUT2D eigenvalue weighted by atomic mass is 10.0. The van der Waals surface area contributed by atoms with Crippen LogP contribution in [0.4, 0.5) is 0 Å². The lowest BCUT2D eigenvalue weighted by Crippen LogP contribution is -2.46. The zero-order valence-electron chi connectivity index (χ0n) is 6.65. The average Bonchev–Trinajstić information content (AvgIpc) is 2.12. The molecule has 0 aromatic carbocycles. The summed E-state index contributed by atoms with van der Waals surface area (Å²) in [6.07, 6.45) is -6.84. The summed E-state index contributed by atoms with van der Waals surface area (Å²) in [5.41, 5.74) is 0. The molecule has 0 radical (unpaired) electrons. The van der Waals surface area contributed by atoms with Crippen molar-refractivity contribution in [2.45, 2.75) is 24.4 Å². The van der Waals surface area contributed by atoms with E-state index in [0.29, 0.717) is 0 Å². The first kappa shape index (κ1) is 15.7. The van der Waals surface area contributed by atoms with Gasteiger partial charge in [-0.05, 0) is 0 Å². The molecule has 0 aliphatic rings. The molecule has 0 fully saturated rings. The molecule has 0 heterocycles. The Bertz CT molecular complexity index is 143. The number of rotatable bonds is 5. The number of aliphatic hydroxyl groups is 5. The van der Waals surface area contributed by atoms with Gasteiger partial charge in [0.15, 0.2) is 6.29 Å². The number of halogens is 1. The summed E-state index contributed by atoms with van der Waals surface area (Å²) < 4.78 is 0. The zero-order chi connectivity index (χ0) is 9.72. The molecule has 4 atom stereocenters. The Morgan fingerprint density at radius 1 is 1.08 bits per heavy atom. The maximum Gasteiger partial charge on any atom is 0.151 e. The highest BCUT2D eigenvalue weighted by atomic mass is 127. The van der Waals surface area contributed by atoms with Crippen LogP contribution in [0.2, 0.25) is 0 Å². The van der Waals surface area contributed by atoms with Crippen LogP contribution in [-0.4, -0.2) is 62.8 Å². The third-order valence-electron chi connectivity index (χ3n) is 1.42. The van der Waals surface area contributed by atoms with E-state index in [-0.39, 0.29) is 30.3 Å². The molecule has 80 valence electrons. The molecule has 0 spiro atoms. The quantitative estimate of drug-likeness (QED) is 0.277. The van der Waals surface area contributed by atoms with Crippen molar-refractivity contribution in [1.82, 2.24) is 0 Å². The molecule has 0 aliphatic carbocycles. The Labute approximate surface area is 91.8 Å². The zero-order valence-corrected chi connectivity index (χ0v) is 8.98. The van der Waals surface area contributed by atoms with Gasteiger partial charge in [0, 0.05) is 0 Å². The van der Waals surface area contributed by atoms with Gasteiger partial charge in [-0.25, -0.2) is 0 Å². The molecule has 0 aromatic heterocycles. The molecule has 0 saturated heterocycles. The van der Waals surface area contributed by atoms with Crippen LogP contribution in [0.3, 0.4) is 0 Å². The summed E-state index contributed by atoms with van der Waals surface area (Å²) in [6.45, 7) is -0.760. The highest BCUT2D eigenvalue weighted by Crippen LogP contribution is 2.02. The number of aliphatic hydroxyl groups excluding tert-OH is 5. The SMILES string of the molecule is I.O=C[C@H](O)[C@H](O)[C@@H](O)[C@@H](O)CO. The van der Waals surface area contributed by atoms with Gasteiger partial charge in [-0.15, -0.1) is 24.0 Å². The van der Waals surface area contributed by atoms with Gasteiger partial charge in [-0.2, -0.15) is 0 Å². The van der Waals surface area contributed by atoms with Crippen molar-refractivity contribution in [3.8, 4) is 0 Å². The monoisotopic (exact) mass is 308 g/mol. The van der Waals surface area contributed by atoms with Crippen LogP contribution < -0.4 is 0 Å². The topological polar surface area (TPSA) is 118 Å². The number of hydrogen-bond acceptors (Lipinski definition) is 6. The summed E-state index contributed by atoms with van der Waals surface area (Å²) in [4.78, 5) is 9.90. The normalized spacial score (nSPS) is 19.5. The summed E-state index contributed by atoms with van der Waals surface area (Å²) in [5.74, 6) is 0. The van der Waals surface area contributed by atoms with E-state index >= 15 is 0 Å².